The zero-order valence-corrected chi connectivity index (χ0v) is 15.5. The largest absolute Gasteiger partial charge is 0.352 e. The zero-order chi connectivity index (χ0) is 18.4. The summed E-state index contributed by atoms with van der Waals surface area (Å²) in [7, 11) is 0. The first-order valence-electron chi connectivity index (χ1n) is 8.97. The van der Waals surface area contributed by atoms with Gasteiger partial charge in [-0.2, -0.15) is 0 Å². The van der Waals surface area contributed by atoms with Crippen molar-refractivity contribution in [2.24, 2.45) is 0 Å². The van der Waals surface area contributed by atoms with E-state index in [4.69, 9.17) is 11.6 Å². The lowest BCUT2D eigenvalue weighted by Gasteiger charge is -2.15. The molecule has 0 atom stereocenters. The second-order valence-corrected chi connectivity index (χ2v) is 7.07. The fourth-order valence-corrected chi connectivity index (χ4v) is 3.18. The lowest BCUT2D eigenvalue weighted by Crippen LogP contribution is -2.24. The van der Waals surface area contributed by atoms with Crippen LogP contribution in [-0.4, -0.2) is 23.3 Å². The van der Waals surface area contributed by atoms with Crippen molar-refractivity contribution in [3.05, 3.63) is 70.2 Å². The van der Waals surface area contributed by atoms with Crippen LogP contribution in [0.3, 0.4) is 0 Å². The molecule has 0 aliphatic carbocycles. The number of nitrogens with zero attached hydrogens (tertiary/aromatic N) is 1. The van der Waals surface area contributed by atoms with Gasteiger partial charge in [-0.3, -0.25) is 9.59 Å². The normalized spacial score (nSPS) is 13.9. The van der Waals surface area contributed by atoms with Crippen molar-refractivity contribution in [2.75, 3.05) is 6.54 Å². The van der Waals surface area contributed by atoms with Crippen LogP contribution in [0, 0.1) is 0 Å². The van der Waals surface area contributed by atoms with Gasteiger partial charge in [0.15, 0.2) is 0 Å². The monoisotopic (exact) mass is 370 g/mol. The van der Waals surface area contributed by atoms with E-state index in [9.17, 15) is 9.59 Å². The van der Waals surface area contributed by atoms with Gasteiger partial charge < -0.3 is 10.2 Å². The molecule has 2 aromatic rings. The Morgan fingerprint density at radius 2 is 1.65 bits per heavy atom. The van der Waals surface area contributed by atoms with Gasteiger partial charge in [0.1, 0.15) is 0 Å². The van der Waals surface area contributed by atoms with Crippen LogP contribution < -0.4 is 5.32 Å². The van der Waals surface area contributed by atoms with Crippen LogP contribution in [0.1, 0.15) is 36.0 Å². The van der Waals surface area contributed by atoms with Gasteiger partial charge in [0.2, 0.25) is 11.8 Å². The lowest BCUT2D eigenvalue weighted by molar-refractivity contribution is -0.128. The van der Waals surface area contributed by atoms with Gasteiger partial charge in [-0.05, 0) is 41.7 Å². The van der Waals surface area contributed by atoms with E-state index in [-0.39, 0.29) is 11.8 Å². The molecular formula is C21H23ClN2O2. The SMILES string of the molecule is O=C(CCc1ccc(Cl)cc1)NCc1ccc(CN2CCCC2=O)cc1. The summed E-state index contributed by atoms with van der Waals surface area (Å²) in [5.74, 6) is 0.272. The van der Waals surface area contributed by atoms with E-state index in [0.717, 1.165) is 29.7 Å². The number of nitrogens with one attached hydrogen (secondary N) is 1. The van der Waals surface area contributed by atoms with Crippen LogP contribution in [0.2, 0.25) is 5.02 Å². The summed E-state index contributed by atoms with van der Waals surface area (Å²) >= 11 is 5.86. The Hall–Kier alpha value is -2.33. The first kappa shape index (κ1) is 18.5. The summed E-state index contributed by atoms with van der Waals surface area (Å²) in [6.45, 7) is 2.04. The van der Waals surface area contributed by atoms with Gasteiger partial charge in [0.25, 0.3) is 0 Å². The van der Waals surface area contributed by atoms with Crippen molar-refractivity contribution in [1.82, 2.24) is 10.2 Å². The van der Waals surface area contributed by atoms with Crippen LogP contribution in [0.4, 0.5) is 0 Å². The number of carbonyl (C=O) groups excluding carboxylic acids is 2. The summed E-state index contributed by atoms with van der Waals surface area (Å²) < 4.78 is 0. The zero-order valence-electron chi connectivity index (χ0n) is 14.7. The number of carbonyl (C=O) groups is 2. The number of hydrogen-bond acceptors (Lipinski definition) is 2. The maximum Gasteiger partial charge on any atom is 0.222 e. The van der Waals surface area contributed by atoms with Crippen LogP contribution in [0.25, 0.3) is 0 Å². The van der Waals surface area contributed by atoms with Crippen LogP contribution in [0.5, 0.6) is 0 Å². The number of hydrogen-bond donors (Lipinski definition) is 1. The van der Waals surface area contributed by atoms with Crippen LogP contribution in [0.15, 0.2) is 48.5 Å². The Bertz CT molecular complexity index is 757. The fraction of sp³-hybridized carbons (Fsp3) is 0.333. The first-order valence-corrected chi connectivity index (χ1v) is 9.35. The molecule has 0 aromatic heterocycles. The molecule has 1 heterocycles. The van der Waals surface area contributed by atoms with E-state index >= 15 is 0 Å². The maximum atomic E-state index is 12.0. The average molecular weight is 371 g/mol. The molecule has 1 N–H and O–H groups in total. The molecule has 136 valence electrons. The molecule has 1 saturated heterocycles. The molecule has 26 heavy (non-hydrogen) atoms. The molecule has 2 aromatic carbocycles. The Labute approximate surface area is 159 Å². The van der Waals surface area contributed by atoms with E-state index in [1.165, 1.54) is 0 Å². The maximum absolute atomic E-state index is 12.0. The Kier molecular flexibility index (Phi) is 6.29. The number of rotatable bonds is 7. The van der Waals surface area contributed by atoms with Crippen molar-refractivity contribution in [3.63, 3.8) is 0 Å². The minimum absolute atomic E-state index is 0.0340. The Morgan fingerprint density at radius 1 is 1.00 bits per heavy atom. The van der Waals surface area contributed by atoms with E-state index < -0.39 is 0 Å². The molecule has 2 amide bonds. The minimum Gasteiger partial charge on any atom is -0.352 e. The van der Waals surface area contributed by atoms with Gasteiger partial charge in [0, 0.05) is 37.5 Å². The fourth-order valence-electron chi connectivity index (χ4n) is 3.05. The molecule has 0 saturated carbocycles. The molecule has 4 nitrogen and oxygen atoms in total. The van der Waals surface area contributed by atoms with Crippen molar-refractivity contribution in [1.29, 1.82) is 0 Å². The van der Waals surface area contributed by atoms with Gasteiger partial charge in [0.05, 0.1) is 0 Å². The van der Waals surface area contributed by atoms with E-state index in [0.29, 0.717) is 37.4 Å². The number of aryl methyl sites for hydroxylation is 1. The third-order valence-electron chi connectivity index (χ3n) is 4.61. The molecular weight excluding hydrogens is 348 g/mol. The predicted molar refractivity (Wildman–Crippen MR) is 103 cm³/mol. The number of benzene rings is 2. The molecule has 1 aliphatic heterocycles. The highest BCUT2D eigenvalue weighted by Gasteiger charge is 2.19. The molecule has 0 spiro atoms. The van der Waals surface area contributed by atoms with Crippen LogP contribution in [-0.2, 0) is 29.1 Å². The van der Waals surface area contributed by atoms with Gasteiger partial charge in [-0.25, -0.2) is 0 Å². The lowest BCUT2D eigenvalue weighted by atomic mass is 10.1. The summed E-state index contributed by atoms with van der Waals surface area (Å²) in [6, 6.07) is 15.6. The topological polar surface area (TPSA) is 49.4 Å². The summed E-state index contributed by atoms with van der Waals surface area (Å²) in [5.41, 5.74) is 3.28. The Morgan fingerprint density at radius 3 is 2.31 bits per heavy atom. The quantitative estimate of drug-likeness (QED) is 0.807. The second-order valence-electron chi connectivity index (χ2n) is 6.64. The number of likely N-dealkylation sites (tertiary alicyclic amines) is 1. The summed E-state index contributed by atoms with van der Waals surface area (Å²) in [4.78, 5) is 25.6. The predicted octanol–water partition coefficient (Wildman–Crippen LogP) is 3.71. The number of amides is 2. The highest BCUT2D eigenvalue weighted by atomic mass is 35.5. The first-order chi connectivity index (χ1) is 12.6. The third kappa shape index (κ3) is 5.33. The average Bonchev–Trinajstić information content (AvgIpc) is 3.05. The standard InChI is InChI=1S/C21H23ClN2O2/c22-19-10-7-16(8-11-19)9-12-20(25)23-14-17-3-5-18(6-4-17)15-24-13-1-2-21(24)26/h3-8,10-11H,1-2,9,12-15H2,(H,23,25). The van der Waals surface area contributed by atoms with Crippen molar-refractivity contribution < 1.29 is 9.59 Å². The van der Waals surface area contributed by atoms with Crippen molar-refractivity contribution >= 4 is 23.4 Å². The Balaban J connectivity index is 1.41. The third-order valence-corrected chi connectivity index (χ3v) is 4.86. The molecule has 0 radical (unpaired) electrons. The second kappa shape index (κ2) is 8.86. The van der Waals surface area contributed by atoms with Crippen molar-refractivity contribution in [3.8, 4) is 0 Å². The van der Waals surface area contributed by atoms with E-state index in [1.54, 1.807) is 0 Å². The summed E-state index contributed by atoms with van der Waals surface area (Å²) in [5, 5.41) is 3.66. The molecule has 5 heteroatoms. The number of halogens is 1. The minimum atomic E-state index is 0.0340. The molecule has 3 rings (SSSR count). The molecule has 0 unspecified atom stereocenters. The molecule has 0 bridgehead atoms. The van der Waals surface area contributed by atoms with E-state index in [2.05, 4.69) is 5.32 Å². The van der Waals surface area contributed by atoms with Crippen LogP contribution >= 0.6 is 11.6 Å². The van der Waals surface area contributed by atoms with E-state index in [1.807, 2.05) is 53.4 Å². The summed E-state index contributed by atoms with van der Waals surface area (Å²) in [6.07, 6.45) is 2.78. The van der Waals surface area contributed by atoms with Gasteiger partial charge in [-0.15, -0.1) is 0 Å². The molecule has 1 aliphatic rings. The van der Waals surface area contributed by atoms with Gasteiger partial charge in [-0.1, -0.05) is 48.0 Å². The highest BCUT2D eigenvalue weighted by molar-refractivity contribution is 6.30. The highest BCUT2D eigenvalue weighted by Crippen LogP contribution is 2.15. The molecule has 1 fully saturated rings. The van der Waals surface area contributed by atoms with Gasteiger partial charge >= 0.3 is 0 Å². The smallest absolute Gasteiger partial charge is 0.222 e. The van der Waals surface area contributed by atoms with Crippen molar-refractivity contribution in [2.45, 2.75) is 38.8 Å².